The summed E-state index contributed by atoms with van der Waals surface area (Å²) < 4.78 is 3.08. The molecule has 0 aliphatic heterocycles. The van der Waals surface area contributed by atoms with E-state index in [9.17, 15) is 0 Å². The molecule has 0 spiro atoms. The van der Waals surface area contributed by atoms with E-state index in [1.54, 1.807) is 6.33 Å². The summed E-state index contributed by atoms with van der Waals surface area (Å²) in [6.45, 7) is 2.78. The van der Waals surface area contributed by atoms with E-state index in [2.05, 4.69) is 50.5 Å². The fourth-order valence-electron chi connectivity index (χ4n) is 1.63. The number of nitrogens with one attached hydrogen (secondary N) is 1. The van der Waals surface area contributed by atoms with Gasteiger partial charge in [-0.1, -0.05) is 15.9 Å². The standard InChI is InChI=1S/C11H13BrN4/c1-8-5-9(12)3-4-10(8)16-7-14-15-11(16)6-13-2/h3-5,7,13H,6H2,1-2H3. The Hall–Kier alpha value is -1.20. The minimum Gasteiger partial charge on any atom is -0.313 e. The zero-order chi connectivity index (χ0) is 11.5. The topological polar surface area (TPSA) is 42.7 Å². The van der Waals surface area contributed by atoms with Crippen molar-refractivity contribution >= 4 is 15.9 Å². The molecule has 0 bridgehead atoms. The van der Waals surface area contributed by atoms with Crippen molar-refractivity contribution < 1.29 is 0 Å². The van der Waals surface area contributed by atoms with Gasteiger partial charge in [-0.15, -0.1) is 10.2 Å². The van der Waals surface area contributed by atoms with E-state index in [1.807, 2.05) is 17.7 Å². The number of aryl methyl sites for hydroxylation is 1. The molecule has 0 fully saturated rings. The second-order valence-corrected chi connectivity index (χ2v) is 4.49. The molecule has 1 aromatic carbocycles. The van der Waals surface area contributed by atoms with Gasteiger partial charge in [0.05, 0.1) is 12.2 Å². The Labute approximate surface area is 103 Å². The summed E-state index contributed by atoms with van der Waals surface area (Å²) in [5.41, 5.74) is 2.30. The lowest BCUT2D eigenvalue weighted by atomic mass is 10.2. The van der Waals surface area contributed by atoms with Crippen LogP contribution in [-0.4, -0.2) is 21.8 Å². The molecule has 0 aliphatic rings. The lowest BCUT2D eigenvalue weighted by Gasteiger charge is -2.09. The van der Waals surface area contributed by atoms with Crippen molar-refractivity contribution in [2.24, 2.45) is 0 Å². The van der Waals surface area contributed by atoms with Gasteiger partial charge in [-0.2, -0.15) is 0 Å². The first kappa shape index (κ1) is 11.3. The molecular formula is C11H13BrN4. The molecule has 1 heterocycles. The van der Waals surface area contributed by atoms with Crippen molar-refractivity contribution in [2.75, 3.05) is 7.05 Å². The molecule has 0 amide bonds. The van der Waals surface area contributed by atoms with Crippen LogP contribution in [-0.2, 0) is 6.54 Å². The van der Waals surface area contributed by atoms with Gasteiger partial charge < -0.3 is 5.32 Å². The molecular weight excluding hydrogens is 268 g/mol. The summed E-state index contributed by atoms with van der Waals surface area (Å²) in [4.78, 5) is 0. The number of halogens is 1. The molecule has 0 saturated heterocycles. The summed E-state index contributed by atoms with van der Waals surface area (Å²) in [6, 6.07) is 6.16. The zero-order valence-electron chi connectivity index (χ0n) is 9.24. The van der Waals surface area contributed by atoms with E-state index < -0.39 is 0 Å². The third-order valence-electron chi connectivity index (χ3n) is 2.37. The van der Waals surface area contributed by atoms with Gasteiger partial charge in [-0.3, -0.25) is 4.57 Å². The summed E-state index contributed by atoms with van der Waals surface area (Å²) >= 11 is 3.46. The minimum atomic E-state index is 0.704. The second kappa shape index (κ2) is 4.76. The smallest absolute Gasteiger partial charge is 0.151 e. The molecule has 4 nitrogen and oxygen atoms in total. The van der Waals surface area contributed by atoms with E-state index in [1.165, 1.54) is 5.56 Å². The monoisotopic (exact) mass is 280 g/mol. The Morgan fingerprint density at radius 3 is 2.94 bits per heavy atom. The zero-order valence-corrected chi connectivity index (χ0v) is 10.8. The van der Waals surface area contributed by atoms with E-state index in [0.29, 0.717) is 6.54 Å². The van der Waals surface area contributed by atoms with Crippen molar-refractivity contribution in [3.8, 4) is 5.69 Å². The van der Waals surface area contributed by atoms with E-state index in [4.69, 9.17) is 0 Å². The number of nitrogens with zero attached hydrogens (tertiary/aromatic N) is 3. The van der Waals surface area contributed by atoms with Crippen molar-refractivity contribution in [1.29, 1.82) is 0 Å². The van der Waals surface area contributed by atoms with E-state index in [0.717, 1.165) is 16.0 Å². The summed E-state index contributed by atoms with van der Waals surface area (Å²) in [7, 11) is 1.90. The fourth-order valence-corrected chi connectivity index (χ4v) is 2.10. The molecule has 5 heteroatoms. The second-order valence-electron chi connectivity index (χ2n) is 3.58. The Morgan fingerprint density at radius 2 is 2.25 bits per heavy atom. The SMILES string of the molecule is CNCc1nncn1-c1ccc(Br)cc1C. The van der Waals surface area contributed by atoms with Crippen LogP contribution in [0.1, 0.15) is 11.4 Å². The maximum Gasteiger partial charge on any atom is 0.151 e. The van der Waals surface area contributed by atoms with Gasteiger partial charge in [-0.05, 0) is 37.7 Å². The van der Waals surface area contributed by atoms with Crippen LogP contribution in [0.5, 0.6) is 0 Å². The number of hydrogen-bond acceptors (Lipinski definition) is 3. The Kier molecular flexibility index (Phi) is 3.36. The molecule has 16 heavy (non-hydrogen) atoms. The van der Waals surface area contributed by atoms with Crippen LogP contribution in [0.3, 0.4) is 0 Å². The summed E-state index contributed by atoms with van der Waals surface area (Å²) in [5.74, 6) is 0.910. The Balaban J connectivity index is 2.46. The van der Waals surface area contributed by atoms with Gasteiger partial charge in [-0.25, -0.2) is 0 Å². The number of benzene rings is 1. The average molecular weight is 281 g/mol. The first-order valence-corrected chi connectivity index (χ1v) is 5.81. The van der Waals surface area contributed by atoms with Crippen LogP contribution >= 0.6 is 15.9 Å². The van der Waals surface area contributed by atoms with Gasteiger partial charge >= 0.3 is 0 Å². The molecule has 1 N–H and O–H groups in total. The Bertz CT molecular complexity index is 492. The van der Waals surface area contributed by atoms with Crippen LogP contribution in [0.25, 0.3) is 5.69 Å². The molecule has 0 atom stereocenters. The number of aromatic nitrogens is 3. The summed E-state index contributed by atoms with van der Waals surface area (Å²) in [6.07, 6.45) is 1.74. The van der Waals surface area contributed by atoms with Crippen molar-refractivity contribution in [3.63, 3.8) is 0 Å². The highest BCUT2D eigenvalue weighted by Crippen LogP contribution is 2.19. The van der Waals surface area contributed by atoms with Gasteiger partial charge in [0, 0.05) is 4.47 Å². The van der Waals surface area contributed by atoms with Crippen molar-refractivity contribution in [2.45, 2.75) is 13.5 Å². The first-order valence-electron chi connectivity index (χ1n) is 5.02. The highest BCUT2D eigenvalue weighted by atomic mass is 79.9. The van der Waals surface area contributed by atoms with Gasteiger partial charge in [0.15, 0.2) is 5.82 Å². The third-order valence-corrected chi connectivity index (χ3v) is 2.86. The molecule has 0 saturated carbocycles. The van der Waals surface area contributed by atoms with Crippen LogP contribution in [0.4, 0.5) is 0 Å². The molecule has 2 rings (SSSR count). The molecule has 0 aliphatic carbocycles. The van der Waals surface area contributed by atoms with Gasteiger partial charge in [0.2, 0.25) is 0 Å². The van der Waals surface area contributed by atoms with Crippen molar-refractivity contribution in [3.05, 3.63) is 40.4 Å². The normalized spacial score (nSPS) is 10.7. The number of hydrogen-bond donors (Lipinski definition) is 1. The average Bonchev–Trinajstić information content (AvgIpc) is 2.67. The van der Waals surface area contributed by atoms with Crippen LogP contribution in [0.15, 0.2) is 29.0 Å². The van der Waals surface area contributed by atoms with E-state index in [-0.39, 0.29) is 0 Å². The maximum atomic E-state index is 4.08. The highest BCUT2D eigenvalue weighted by Gasteiger charge is 2.07. The number of rotatable bonds is 3. The molecule has 2 aromatic rings. The van der Waals surface area contributed by atoms with E-state index >= 15 is 0 Å². The molecule has 1 aromatic heterocycles. The quantitative estimate of drug-likeness (QED) is 0.936. The largest absolute Gasteiger partial charge is 0.313 e. The molecule has 84 valence electrons. The lowest BCUT2D eigenvalue weighted by molar-refractivity contribution is 0.736. The summed E-state index contributed by atoms with van der Waals surface area (Å²) in [5, 5.41) is 11.1. The predicted molar refractivity (Wildman–Crippen MR) is 66.6 cm³/mol. The fraction of sp³-hybridized carbons (Fsp3) is 0.273. The van der Waals surface area contributed by atoms with Gasteiger partial charge in [0.1, 0.15) is 6.33 Å². The third kappa shape index (κ3) is 2.15. The Morgan fingerprint density at radius 1 is 1.44 bits per heavy atom. The molecule has 0 unspecified atom stereocenters. The maximum absolute atomic E-state index is 4.08. The predicted octanol–water partition coefficient (Wildman–Crippen LogP) is 2.06. The lowest BCUT2D eigenvalue weighted by Crippen LogP contribution is -2.11. The highest BCUT2D eigenvalue weighted by molar-refractivity contribution is 9.10. The van der Waals surface area contributed by atoms with Crippen molar-refractivity contribution in [1.82, 2.24) is 20.1 Å². The van der Waals surface area contributed by atoms with Gasteiger partial charge in [0.25, 0.3) is 0 Å². The first-order chi connectivity index (χ1) is 7.72. The van der Waals surface area contributed by atoms with Crippen LogP contribution in [0, 0.1) is 6.92 Å². The molecule has 0 radical (unpaired) electrons. The minimum absolute atomic E-state index is 0.704. The van der Waals surface area contributed by atoms with Crippen LogP contribution < -0.4 is 5.32 Å². The van der Waals surface area contributed by atoms with Crippen LogP contribution in [0.2, 0.25) is 0 Å².